The number of hydrogen-bond acceptors (Lipinski definition) is 7. The number of rotatable bonds is 6. The van der Waals surface area contributed by atoms with Crippen LogP contribution < -0.4 is 9.64 Å². The first-order chi connectivity index (χ1) is 18.4. The number of anilines is 1. The fourth-order valence-corrected chi connectivity index (χ4v) is 5.56. The van der Waals surface area contributed by atoms with Crippen LogP contribution in [0.25, 0.3) is 10.9 Å². The SMILES string of the molecule is COC(=O)c1ccc([C@H]2CCCCN2Cc2c(OC)cc(C)c3c2ccn3C(=O)OC(C)(C)C)c(N(C)C)c1. The molecule has 0 bridgehead atoms. The van der Waals surface area contributed by atoms with Gasteiger partial charge in [0.2, 0.25) is 0 Å². The lowest BCUT2D eigenvalue weighted by molar-refractivity contribution is 0.0542. The van der Waals surface area contributed by atoms with Crippen LogP contribution in [0.2, 0.25) is 0 Å². The van der Waals surface area contributed by atoms with E-state index >= 15 is 0 Å². The Labute approximate surface area is 231 Å². The van der Waals surface area contributed by atoms with Gasteiger partial charge in [-0.2, -0.15) is 0 Å². The Kier molecular flexibility index (Phi) is 8.25. The van der Waals surface area contributed by atoms with E-state index in [1.807, 2.05) is 66.1 Å². The summed E-state index contributed by atoms with van der Waals surface area (Å²) in [4.78, 5) is 29.8. The van der Waals surface area contributed by atoms with Crippen LogP contribution in [0.5, 0.6) is 5.75 Å². The van der Waals surface area contributed by atoms with Crippen LogP contribution >= 0.6 is 0 Å². The van der Waals surface area contributed by atoms with Crippen molar-refractivity contribution in [3.05, 3.63) is 58.8 Å². The van der Waals surface area contributed by atoms with Crippen molar-refractivity contribution in [1.29, 1.82) is 0 Å². The molecule has 3 aromatic rings. The summed E-state index contributed by atoms with van der Waals surface area (Å²) in [6, 6.07) is 9.99. The molecule has 0 unspecified atom stereocenters. The number of likely N-dealkylation sites (tertiary alicyclic amines) is 1. The van der Waals surface area contributed by atoms with Crippen LogP contribution in [-0.4, -0.2) is 62.0 Å². The normalized spacial score (nSPS) is 16.3. The third kappa shape index (κ3) is 5.91. The van der Waals surface area contributed by atoms with Crippen LogP contribution in [0.3, 0.4) is 0 Å². The smallest absolute Gasteiger partial charge is 0.419 e. The highest BCUT2D eigenvalue weighted by atomic mass is 16.6. The number of piperidine rings is 1. The number of esters is 1. The number of aryl methyl sites for hydroxylation is 1. The van der Waals surface area contributed by atoms with E-state index in [1.54, 1.807) is 17.9 Å². The molecule has 39 heavy (non-hydrogen) atoms. The van der Waals surface area contributed by atoms with E-state index in [1.165, 1.54) is 12.7 Å². The number of hydrogen-bond donors (Lipinski definition) is 0. The molecule has 1 aliphatic heterocycles. The first-order valence-corrected chi connectivity index (χ1v) is 13.5. The van der Waals surface area contributed by atoms with Crippen molar-refractivity contribution in [3.8, 4) is 5.75 Å². The van der Waals surface area contributed by atoms with Crippen LogP contribution in [0, 0.1) is 6.92 Å². The molecular formula is C31H41N3O5. The first kappa shape index (κ1) is 28.5. The Morgan fingerprint density at radius 2 is 1.82 bits per heavy atom. The fraction of sp³-hybridized carbons (Fsp3) is 0.484. The van der Waals surface area contributed by atoms with Crippen molar-refractivity contribution in [2.24, 2.45) is 0 Å². The molecule has 210 valence electrons. The maximum Gasteiger partial charge on any atom is 0.419 e. The molecule has 1 aromatic heterocycles. The van der Waals surface area contributed by atoms with E-state index in [0.29, 0.717) is 12.1 Å². The molecule has 1 aliphatic rings. The van der Waals surface area contributed by atoms with Gasteiger partial charge in [0.15, 0.2) is 0 Å². The fourth-order valence-electron chi connectivity index (χ4n) is 5.56. The molecule has 0 aliphatic carbocycles. The number of aromatic nitrogens is 1. The molecule has 0 saturated carbocycles. The van der Waals surface area contributed by atoms with Gasteiger partial charge in [-0.3, -0.25) is 9.47 Å². The second-order valence-electron chi connectivity index (χ2n) is 11.4. The van der Waals surface area contributed by atoms with E-state index in [2.05, 4.69) is 15.9 Å². The minimum absolute atomic E-state index is 0.164. The third-order valence-corrected chi connectivity index (χ3v) is 7.31. The lowest BCUT2D eigenvalue weighted by Gasteiger charge is -2.38. The molecule has 1 fully saturated rings. The van der Waals surface area contributed by atoms with E-state index in [0.717, 1.165) is 59.3 Å². The van der Waals surface area contributed by atoms with Gasteiger partial charge in [0.1, 0.15) is 11.4 Å². The quantitative estimate of drug-likeness (QED) is 0.342. The molecule has 4 rings (SSSR count). The highest BCUT2D eigenvalue weighted by molar-refractivity contribution is 5.95. The second-order valence-corrected chi connectivity index (χ2v) is 11.4. The molecule has 8 heteroatoms. The standard InChI is InChI=1S/C31H41N3O5/c1-20-17-27(37-7)24(22-14-16-34(28(20)22)30(36)39-31(2,3)4)19-33-15-10-9-11-25(33)23-13-12-21(29(35)38-8)18-26(23)32(5)6/h12-14,16-18,25H,9-11,15,19H2,1-8H3/t25-/m1/s1. The number of fused-ring (bicyclic) bond motifs is 1. The minimum atomic E-state index is -0.592. The molecule has 2 aromatic carbocycles. The van der Waals surface area contributed by atoms with Crippen molar-refractivity contribution in [1.82, 2.24) is 9.47 Å². The van der Waals surface area contributed by atoms with E-state index in [9.17, 15) is 9.59 Å². The van der Waals surface area contributed by atoms with Crippen LogP contribution in [0.15, 0.2) is 36.5 Å². The minimum Gasteiger partial charge on any atom is -0.496 e. The maximum atomic E-state index is 13.0. The molecular weight excluding hydrogens is 494 g/mol. The predicted octanol–water partition coefficient (Wildman–Crippen LogP) is 6.32. The molecule has 0 N–H and O–H groups in total. The van der Waals surface area contributed by atoms with E-state index in [4.69, 9.17) is 14.2 Å². The summed E-state index contributed by atoms with van der Waals surface area (Å²) in [6.07, 6.45) is 4.63. The zero-order valence-electron chi connectivity index (χ0n) is 24.5. The van der Waals surface area contributed by atoms with E-state index in [-0.39, 0.29) is 12.0 Å². The molecule has 1 atom stereocenters. The Morgan fingerprint density at radius 1 is 1.08 bits per heavy atom. The summed E-state index contributed by atoms with van der Waals surface area (Å²) < 4.78 is 18.1. The number of nitrogens with zero attached hydrogens (tertiary/aromatic N) is 3. The number of carbonyl (C=O) groups excluding carboxylic acids is 2. The van der Waals surface area contributed by atoms with Gasteiger partial charge in [0.05, 0.1) is 25.3 Å². The van der Waals surface area contributed by atoms with Gasteiger partial charge >= 0.3 is 12.1 Å². The average molecular weight is 536 g/mol. The summed E-state index contributed by atoms with van der Waals surface area (Å²) in [7, 11) is 7.09. The van der Waals surface area contributed by atoms with Gasteiger partial charge in [-0.1, -0.05) is 12.5 Å². The monoisotopic (exact) mass is 535 g/mol. The maximum absolute atomic E-state index is 13.0. The Hall–Kier alpha value is -3.52. The van der Waals surface area contributed by atoms with Gasteiger partial charge in [-0.25, -0.2) is 9.59 Å². The summed E-state index contributed by atoms with van der Waals surface area (Å²) in [6.45, 7) is 9.19. The molecule has 1 saturated heterocycles. The average Bonchev–Trinajstić information content (AvgIpc) is 3.35. The number of carbonyl (C=O) groups is 2. The highest BCUT2D eigenvalue weighted by Crippen LogP contribution is 2.40. The van der Waals surface area contributed by atoms with Gasteiger partial charge < -0.3 is 19.1 Å². The number of methoxy groups -OCH3 is 2. The molecule has 2 heterocycles. The van der Waals surface area contributed by atoms with Crippen molar-refractivity contribution in [2.75, 3.05) is 39.8 Å². The topological polar surface area (TPSA) is 73.2 Å². The van der Waals surface area contributed by atoms with Crippen molar-refractivity contribution in [3.63, 3.8) is 0 Å². The van der Waals surface area contributed by atoms with E-state index < -0.39 is 11.7 Å². The van der Waals surface area contributed by atoms with Gasteiger partial charge in [-0.15, -0.1) is 0 Å². The lowest BCUT2D eigenvalue weighted by Crippen LogP contribution is -2.34. The predicted molar refractivity (Wildman–Crippen MR) is 154 cm³/mol. The first-order valence-electron chi connectivity index (χ1n) is 13.5. The lowest BCUT2D eigenvalue weighted by atomic mass is 9.91. The summed E-state index contributed by atoms with van der Waals surface area (Å²) in [5.41, 5.74) is 4.97. The summed E-state index contributed by atoms with van der Waals surface area (Å²) in [5, 5.41) is 0.982. The zero-order chi connectivity index (χ0) is 28.5. The molecule has 0 amide bonds. The van der Waals surface area contributed by atoms with Crippen molar-refractivity contribution in [2.45, 2.75) is 65.1 Å². The molecule has 8 nitrogen and oxygen atoms in total. The number of ether oxygens (including phenoxy) is 3. The third-order valence-electron chi connectivity index (χ3n) is 7.31. The number of benzene rings is 2. The molecule has 0 radical (unpaired) electrons. The van der Waals surface area contributed by atoms with Crippen molar-refractivity contribution >= 4 is 28.7 Å². The Bertz CT molecular complexity index is 1370. The highest BCUT2D eigenvalue weighted by Gasteiger charge is 2.30. The van der Waals surface area contributed by atoms with Crippen LogP contribution in [0.1, 0.15) is 73.1 Å². The Balaban J connectivity index is 1.76. The zero-order valence-corrected chi connectivity index (χ0v) is 24.5. The van der Waals surface area contributed by atoms with Crippen LogP contribution in [-0.2, 0) is 16.0 Å². The van der Waals surface area contributed by atoms with Crippen molar-refractivity contribution < 1.29 is 23.8 Å². The Morgan fingerprint density at radius 3 is 2.46 bits per heavy atom. The van der Waals surface area contributed by atoms with Gasteiger partial charge in [-0.05, 0) is 82.5 Å². The summed E-state index contributed by atoms with van der Waals surface area (Å²) in [5.74, 6) is 0.464. The van der Waals surface area contributed by atoms with Gasteiger partial charge in [0.25, 0.3) is 0 Å². The molecule has 0 spiro atoms. The second kappa shape index (κ2) is 11.3. The van der Waals surface area contributed by atoms with Gasteiger partial charge in [0, 0.05) is 49.5 Å². The summed E-state index contributed by atoms with van der Waals surface area (Å²) >= 11 is 0. The largest absolute Gasteiger partial charge is 0.496 e. The van der Waals surface area contributed by atoms with Crippen LogP contribution in [0.4, 0.5) is 10.5 Å².